The van der Waals surface area contributed by atoms with Gasteiger partial charge >= 0.3 is 0 Å². The van der Waals surface area contributed by atoms with Crippen molar-refractivity contribution in [1.29, 1.82) is 0 Å². The zero-order valence-electron chi connectivity index (χ0n) is 10.2. The molecule has 0 radical (unpaired) electrons. The van der Waals surface area contributed by atoms with E-state index < -0.39 is 0 Å². The first-order chi connectivity index (χ1) is 9.24. The molecular weight excluding hydrogens is 240 g/mol. The number of hydrogen-bond acceptors (Lipinski definition) is 3. The first-order valence-corrected chi connectivity index (χ1v) is 6.00. The molecule has 0 aromatic heterocycles. The molecule has 3 heteroatoms. The van der Waals surface area contributed by atoms with E-state index in [1.807, 2.05) is 18.2 Å². The topological polar surface area (TPSA) is 46.5 Å². The summed E-state index contributed by atoms with van der Waals surface area (Å²) >= 11 is 0. The molecule has 0 fully saturated rings. The quantitative estimate of drug-likeness (QED) is 0.793. The van der Waals surface area contributed by atoms with Crippen molar-refractivity contribution in [3.63, 3.8) is 0 Å². The summed E-state index contributed by atoms with van der Waals surface area (Å²) in [5, 5.41) is 9.42. The summed E-state index contributed by atoms with van der Waals surface area (Å²) in [6.07, 6.45) is 1.75. The third-order valence-corrected chi connectivity index (χ3v) is 3.02. The van der Waals surface area contributed by atoms with Crippen LogP contribution < -0.4 is 4.74 Å². The summed E-state index contributed by atoms with van der Waals surface area (Å²) in [4.78, 5) is 12.3. The van der Waals surface area contributed by atoms with Crippen LogP contribution in [0.5, 0.6) is 11.5 Å². The van der Waals surface area contributed by atoms with Crippen LogP contribution in [0.1, 0.15) is 15.9 Å². The number of phenolic OH excluding ortho intramolecular Hbond substituents is 1. The second-order valence-corrected chi connectivity index (χ2v) is 4.38. The van der Waals surface area contributed by atoms with Gasteiger partial charge in [0.2, 0.25) is 0 Å². The SMILES string of the molecule is O=C1/C(=C\c2cccc(O)c2)COc2ccccc21. The first kappa shape index (κ1) is 11.5. The van der Waals surface area contributed by atoms with Crippen LogP contribution in [0.3, 0.4) is 0 Å². The fourth-order valence-corrected chi connectivity index (χ4v) is 2.10. The summed E-state index contributed by atoms with van der Waals surface area (Å²) in [5.41, 5.74) is 1.95. The average Bonchev–Trinajstić information content (AvgIpc) is 2.42. The maximum atomic E-state index is 12.3. The van der Waals surface area contributed by atoms with Crippen LogP contribution >= 0.6 is 0 Å². The minimum Gasteiger partial charge on any atom is -0.508 e. The standard InChI is InChI=1S/C16H12O3/c17-13-5-3-4-11(9-13)8-12-10-19-15-7-2-1-6-14(15)16(12)18/h1-9,17H,10H2/b12-8-. The Labute approximate surface area is 110 Å². The molecule has 0 saturated carbocycles. The van der Waals surface area contributed by atoms with Crippen LogP contribution in [0.2, 0.25) is 0 Å². The van der Waals surface area contributed by atoms with E-state index >= 15 is 0 Å². The minimum absolute atomic E-state index is 0.0230. The van der Waals surface area contributed by atoms with Crippen molar-refractivity contribution in [2.45, 2.75) is 0 Å². The van der Waals surface area contributed by atoms with Crippen molar-refractivity contribution in [3.8, 4) is 11.5 Å². The smallest absolute Gasteiger partial charge is 0.196 e. The second-order valence-electron chi connectivity index (χ2n) is 4.38. The van der Waals surface area contributed by atoms with Crippen molar-refractivity contribution in [1.82, 2.24) is 0 Å². The number of ether oxygens (including phenoxy) is 1. The maximum Gasteiger partial charge on any atom is 0.196 e. The zero-order valence-corrected chi connectivity index (χ0v) is 10.2. The van der Waals surface area contributed by atoms with Gasteiger partial charge in [0.15, 0.2) is 5.78 Å². The normalized spacial score (nSPS) is 16.0. The zero-order chi connectivity index (χ0) is 13.2. The summed E-state index contributed by atoms with van der Waals surface area (Å²) in [5.74, 6) is 0.782. The van der Waals surface area contributed by atoms with Crippen LogP contribution in [-0.4, -0.2) is 17.5 Å². The fraction of sp³-hybridized carbons (Fsp3) is 0.0625. The highest BCUT2D eigenvalue weighted by Gasteiger charge is 2.22. The molecule has 1 aliphatic heterocycles. The van der Waals surface area contributed by atoms with E-state index in [-0.39, 0.29) is 18.1 Å². The number of ketones is 1. The Hall–Kier alpha value is -2.55. The van der Waals surface area contributed by atoms with Gasteiger partial charge in [0.25, 0.3) is 0 Å². The lowest BCUT2D eigenvalue weighted by atomic mass is 9.98. The molecule has 0 bridgehead atoms. The number of carbonyl (C=O) groups is 1. The highest BCUT2D eigenvalue weighted by molar-refractivity contribution is 6.14. The predicted molar refractivity (Wildman–Crippen MR) is 72.4 cm³/mol. The van der Waals surface area contributed by atoms with E-state index in [2.05, 4.69) is 0 Å². The van der Waals surface area contributed by atoms with Gasteiger partial charge in [-0.05, 0) is 35.9 Å². The van der Waals surface area contributed by atoms with Crippen molar-refractivity contribution >= 4 is 11.9 Å². The fourth-order valence-electron chi connectivity index (χ4n) is 2.10. The Kier molecular flexibility index (Phi) is 2.80. The van der Waals surface area contributed by atoms with Crippen LogP contribution in [0.15, 0.2) is 54.1 Å². The number of fused-ring (bicyclic) bond motifs is 1. The Bertz CT molecular complexity index is 671. The van der Waals surface area contributed by atoms with Gasteiger partial charge in [-0.15, -0.1) is 0 Å². The van der Waals surface area contributed by atoms with Gasteiger partial charge < -0.3 is 9.84 Å². The van der Waals surface area contributed by atoms with E-state index in [9.17, 15) is 9.90 Å². The van der Waals surface area contributed by atoms with Crippen molar-refractivity contribution < 1.29 is 14.6 Å². The average molecular weight is 252 g/mol. The van der Waals surface area contributed by atoms with Crippen LogP contribution in [0.25, 0.3) is 6.08 Å². The largest absolute Gasteiger partial charge is 0.508 e. The molecule has 2 aromatic rings. The Morgan fingerprint density at radius 2 is 1.95 bits per heavy atom. The van der Waals surface area contributed by atoms with Crippen molar-refractivity contribution in [3.05, 3.63) is 65.2 Å². The van der Waals surface area contributed by atoms with Gasteiger partial charge in [0.1, 0.15) is 18.1 Å². The third kappa shape index (κ3) is 2.22. The summed E-state index contributed by atoms with van der Waals surface area (Å²) < 4.78 is 5.56. The number of carbonyl (C=O) groups excluding carboxylic acids is 1. The number of aromatic hydroxyl groups is 1. The molecule has 0 atom stereocenters. The van der Waals surface area contributed by atoms with E-state index in [0.717, 1.165) is 5.56 Å². The van der Waals surface area contributed by atoms with E-state index in [1.54, 1.807) is 36.4 Å². The highest BCUT2D eigenvalue weighted by Crippen LogP contribution is 2.27. The van der Waals surface area contributed by atoms with Gasteiger partial charge in [0, 0.05) is 5.57 Å². The van der Waals surface area contributed by atoms with Crippen molar-refractivity contribution in [2.75, 3.05) is 6.61 Å². The Morgan fingerprint density at radius 1 is 1.11 bits per heavy atom. The second kappa shape index (κ2) is 4.61. The molecule has 1 aliphatic rings. The molecule has 0 saturated heterocycles. The molecule has 2 aromatic carbocycles. The van der Waals surface area contributed by atoms with Gasteiger partial charge in [-0.2, -0.15) is 0 Å². The lowest BCUT2D eigenvalue weighted by molar-refractivity contribution is 0.100. The molecule has 94 valence electrons. The predicted octanol–water partition coefficient (Wildman–Crippen LogP) is 3.05. The lowest BCUT2D eigenvalue weighted by Crippen LogP contribution is -2.18. The molecule has 19 heavy (non-hydrogen) atoms. The maximum absolute atomic E-state index is 12.3. The molecule has 1 N–H and O–H groups in total. The van der Waals surface area contributed by atoms with Gasteiger partial charge in [-0.1, -0.05) is 24.3 Å². The van der Waals surface area contributed by atoms with E-state index in [4.69, 9.17) is 4.74 Å². The van der Waals surface area contributed by atoms with E-state index in [0.29, 0.717) is 16.9 Å². The van der Waals surface area contributed by atoms with Gasteiger partial charge in [-0.25, -0.2) is 0 Å². The number of benzene rings is 2. The monoisotopic (exact) mass is 252 g/mol. The van der Waals surface area contributed by atoms with Crippen LogP contribution in [0.4, 0.5) is 0 Å². The number of Topliss-reactive ketones (excluding diaryl/α,β-unsaturated/α-hetero) is 1. The molecular formula is C16H12O3. The van der Waals surface area contributed by atoms with Gasteiger partial charge in [0.05, 0.1) is 5.56 Å². The Morgan fingerprint density at radius 3 is 2.79 bits per heavy atom. The number of para-hydroxylation sites is 1. The van der Waals surface area contributed by atoms with Crippen LogP contribution in [-0.2, 0) is 0 Å². The lowest BCUT2D eigenvalue weighted by Gasteiger charge is -2.18. The highest BCUT2D eigenvalue weighted by atomic mass is 16.5. The minimum atomic E-state index is -0.0230. The molecule has 3 nitrogen and oxygen atoms in total. The first-order valence-electron chi connectivity index (χ1n) is 6.00. The molecule has 0 amide bonds. The van der Waals surface area contributed by atoms with Crippen LogP contribution in [0, 0.1) is 0 Å². The number of rotatable bonds is 1. The number of phenols is 1. The summed E-state index contributed by atoms with van der Waals surface area (Å²) in [6.45, 7) is 0.255. The number of hydrogen-bond donors (Lipinski definition) is 1. The molecule has 3 rings (SSSR count). The van der Waals surface area contributed by atoms with E-state index in [1.165, 1.54) is 0 Å². The summed E-state index contributed by atoms with van der Waals surface area (Å²) in [7, 11) is 0. The molecule has 0 spiro atoms. The Balaban J connectivity index is 1.98. The molecule has 0 unspecified atom stereocenters. The molecule has 1 heterocycles. The third-order valence-electron chi connectivity index (χ3n) is 3.02. The van der Waals surface area contributed by atoms with Gasteiger partial charge in [-0.3, -0.25) is 4.79 Å². The summed E-state index contributed by atoms with van der Waals surface area (Å²) in [6, 6.07) is 14.0. The molecule has 0 aliphatic carbocycles. The van der Waals surface area contributed by atoms with Crippen molar-refractivity contribution in [2.24, 2.45) is 0 Å².